The number of nitrogens with zero attached hydrogens (tertiary/aromatic N) is 1. The van der Waals surface area contributed by atoms with E-state index in [-0.39, 0.29) is 23.4 Å². The van der Waals surface area contributed by atoms with Crippen LogP contribution in [-0.2, 0) is 14.8 Å². The maximum absolute atomic E-state index is 13.5. The van der Waals surface area contributed by atoms with E-state index in [9.17, 15) is 13.2 Å². The van der Waals surface area contributed by atoms with Gasteiger partial charge in [-0.1, -0.05) is 61.9 Å². The van der Waals surface area contributed by atoms with Gasteiger partial charge < -0.3 is 10.1 Å². The fraction of sp³-hybridized carbons (Fsp3) is 0.296. The highest BCUT2D eigenvalue weighted by molar-refractivity contribution is 7.92. The summed E-state index contributed by atoms with van der Waals surface area (Å²) in [7, 11) is -2.34. The Kier molecular flexibility index (Phi) is 8.34. The summed E-state index contributed by atoms with van der Waals surface area (Å²) in [5, 5.41) is 3.05. The molecule has 0 unspecified atom stereocenters. The second kappa shape index (κ2) is 11.2. The molecule has 0 bridgehead atoms. The van der Waals surface area contributed by atoms with Gasteiger partial charge in [0.05, 0.1) is 23.7 Å². The van der Waals surface area contributed by atoms with Gasteiger partial charge in [-0.3, -0.25) is 9.10 Å². The number of anilines is 1. The van der Waals surface area contributed by atoms with Gasteiger partial charge in [-0.2, -0.15) is 0 Å². The van der Waals surface area contributed by atoms with Crippen molar-refractivity contribution in [2.75, 3.05) is 18.0 Å². The maximum Gasteiger partial charge on any atom is 0.264 e. The molecule has 0 spiro atoms. The summed E-state index contributed by atoms with van der Waals surface area (Å²) in [6, 6.07) is 22.6. The van der Waals surface area contributed by atoms with E-state index in [2.05, 4.69) is 19.2 Å². The largest absolute Gasteiger partial charge is 0.497 e. The van der Waals surface area contributed by atoms with Gasteiger partial charge in [0.25, 0.3) is 10.0 Å². The molecule has 6 nitrogen and oxygen atoms in total. The number of benzene rings is 3. The van der Waals surface area contributed by atoms with Crippen molar-refractivity contribution in [2.24, 2.45) is 5.92 Å². The monoisotopic (exact) mass is 480 g/mol. The molecule has 0 aliphatic heterocycles. The third-order valence-corrected chi connectivity index (χ3v) is 7.29. The molecule has 34 heavy (non-hydrogen) atoms. The number of rotatable bonds is 10. The SMILES string of the molecule is COc1ccc([C@H](CC(C)C)NC(=O)CN(c2ccccc2)S(=O)(=O)c2ccc(C)cc2)cc1. The molecule has 0 fully saturated rings. The molecule has 0 aliphatic rings. The lowest BCUT2D eigenvalue weighted by Gasteiger charge is -2.26. The lowest BCUT2D eigenvalue weighted by atomic mass is 9.97. The van der Waals surface area contributed by atoms with Crippen molar-refractivity contribution >= 4 is 21.6 Å². The summed E-state index contributed by atoms with van der Waals surface area (Å²) in [6.45, 7) is 5.74. The van der Waals surface area contributed by atoms with Crippen LogP contribution in [0, 0.1) is 12.8 Å². The van der Waals surface area contributed by atoms with Crippen molar-refractivity contribution in [2.45, 2.75) is 38.1 Å². The zero-order valence-corrected chi connectivity index (χ0v) is 20.9. The van der Waals surface area contributed by atoms with Gasteiger partial charge in [0.2, 0.25) is 5.91 Å². The summed E-state index contributed by atoms with van der Waals surface area (Å²) in [6.07, 6.45) is 0.716. The summed E-state index contributed by atoms with van der Waals surface area (Å²) >= 11 is 0. The normalized spacial score (nSPS) is 12.3. The van der Waals surface area contributed by atoms with Crippen molar-refractivity contribution in [3.8, 4) is 5.75 Å². The molecule has 0 radical (unpaired) electrons. The number of carbonyl (C=O) groups is 1. The number of nitrogens with one attached hydrogen (secondary N) is 1. The zero-order valence-electron chi connectivity index (χ0n) is 20.1. The minimum absolute atomic E-state index is 0.142. The molecule has 3 aromatic carbocycles. The minimum Gasteiger partial charge on any atom is -0.497 e. The van der Waals surface area contributed by atoms with Gasteiger partial charge in [0.1, 0.15) is 12.3 Å². The number of hydrogen-bond donors (Lipinski definition) is 1. The summed E-state index contributed by atoms with van der Waals surface area (Å²) in [5.41, 5.74) is 2.33. The predicted molar refractivity (Wildman–Crippen MR) is 135 cm³/mol. The van der Waals surface area contributed by atoms with Crippen LogP contribution in [0.25, 0.3) is 0 Å². The number of methoxy groups -OCH3 is 1. The topological polar surface area (TPSA) is 75.7 Å². The van der Waals surface area contributed by atoms with Gasteiger partial charge in [0, 0.05) is 0 Å². The smallest absolute Gasteiger partial charge is 0.264 e. The molecular weight excluding hydrogens is 448 g/mol. The number of amides is 1. The Hall–Kier alpha value is -3.32. The number of aryl methyl sites for hydroxylation is 1. The van der Waals surface area contributed by atoms with Crippen LogP contribution in [0.3, 0.4) is 0 Å². The Bertz CT molecular complexity index is 1180. The van der Waals surface area contributed by atoms with E-state index >= 15 is 0 Å². The number of carbonyl (C=O) groups excluding carboxylic acids is 1. The maximum atomic E-state index is 13.5. The number of para-hydroxylation sites is 1. The average Bonchev–Trinajstić information content (AvgIpc) is 2.82. The fourth-order valence-corrected chi connectivity index (χ4v) is 5.12. The summed E-state index contributed by atoms with van der Waals surface area (Å²) in [5.74, 6) is 0.688. The van der Waals surface area contributed by atoms with E-state index < -0.39 is 10.0 Å². The highest BCUT2D eigenvalue weighted by Crippen LogP contribution is 2.26. The van der Waals surface area contributed by atoms with E-state index in [4.69, 9.17) is 4.74 Å². The molecule has 0 aliphatic carbocycles. The van der Waals surface area contributed by atoms with E-state index in [0.29, 0.717) is 18.0 Å². The van der Waals surface area contributed by atoms with Gasteiger partial charge in [-0.25, -0.2) is 8.42 Å². The van der Waals surface area contributed by atoms with Crippen molar-refractivity contribution in [3.05, 3.63) is 90.0 Å². The lowest BCUT2D eigenvalue weighted by molar-refractivity contribution is -0.120. The first-order chi connectivity index (χ1) is 16.2. The van der Waals surface area contributed by atoms with Crippen LogP contribution in [0.15, 0.2) is 83.8 Å². The van der Waals surface area contributed by atoms with Gasteiger partial charge >= 0.3 is 0 Å². The van der Waals surface area contributed by atoms with Crippen molar-refractivity contribution in [1.82, 2.24) is 5.32 Å². The standard InChI is InChI=1S/C27H32N2O4S/c1-20(2)18-26(22-12-14-24(33-4)15-13-22)28-27(30)19-29(23-8-6-5-7-9-23)34(31,32)25-16-10-21(3)11-17-25/h5-17,20,26H,18-19H2,1-4H3,(H,28,30)/t26-/m0/s1. The first kappa shape index (κ1) is 25.3. The van der Waals surface area contributed by atoms with Crippen LogP contribution in [0.5, 0.6) is 5.75 Å². The molecule has 7 heteroatoms. The highest BCUT2D eigenvalue weighted by atomic mass is 32.2. The second-order valence-corrected chi connectivity index (χ2v) is 10.5. The molecule has 3 aromatic rings. The fourth-order valence-electron chi connectivity index (χ4n) is 3.70. The van der Waals surface area contributed by atoms with Crippen LogP contribution in [0.2, 0.25) is 0 Å². The molecule has 1 amide bonds. The van der Waals surface area contributed by atoms with E-state index in [1.807, 2.05) is 37.3 Å². The zero-order chi connectivity index (χ0) is 24.7. The molecule has 0 saturated carbocycles. The van der Waals surface area contributed by atoms with Crippen LogP contribution in [0.4, 0.5) is 5.69 Å². The molecule has 0 heterocycles. The van der Waals surface area contributed by atoms with Gasteiger partial charge in [-0.15, -0.1) is 0 Å². The highest BCUT2D eigenvalue weighted by Gasteiger charge is 2.28. The van der Waals surface area contributed by atoms with E-state index in [1.165, 1.54) is 0 Å². The van der Waals surface area contributed by atoms with Crippen LogP contribution < -0.4 is 14.4 Å². The number of hydrogen-bond acceptors (Lipinski definition) is 4. The molecule has 1 atom stereocenters. The van der Waals surface area contributed by atoms with Gasteiger partial charge in [0.15, 0.2) is 0 Å². The van der Waals surface area contributed by atoms with Crippen LogP contribution in [-0.4, -0.2) is 28.0 Å². The number of sulfonamides is 1. The Balaban J connectivity index is 1.88. The first-order valence-corrected chi connectivity index (χ1v) is 12.7. The van der Waals surface area contributed by atoms with Crippen LogP contribution in [0.1, 0.15) is 37.4 Å². The molecule has 180 valence electrons. The second-order valence-electron chi connectivity index (χ2n) is 8.68. The quantitative estimate of drug-likeness (QED) is 0.438. The molecule has 1 N–H and O–H groups in total. The summed E-state index contributed by atoms with van der Waals surface area (Å²) < 4.78 is 33.4. The Morgan fingerprint density at radius 1 is 0.941 bits per heavy atom. The van der Waals surface area contributed by atoms with Crippen LogP contribution >= 0.6 is 0 Å². The van der Waals surface area contributed by atoms with Crippen molar-refractivity contribution < 1.29 is 17.9 Å². The Morgan fingerprint density at radius 2 is 1.56 bits per heavy atom. The molecular formula is C27H32N2O4S. The molecule has 3 rings (SSSR count). The first-order valence-electron chi connectivity index (χ1n) is 11.3. The van der Waals surface area contributed by atoms with E-state index in [0.717, 1.165) is 21.2 Å². The van der Waals surface area contributed by atoms with Gasteiger partial charge in [-0.05, 0) is 61.2 Å². The van der Waals surface area contributed by atoms with E-state index in [1.54, 1.807) is 55.6 Å². The minimum atomic E-state index is -3.94. The molecule has 0 aromatic heterocycles. The lowest BCUT2D eigenvalue weighted by Crippen LogP contribution is -2.42. The van der Waals surface area contributed by atoms with Crippen molar-refractivity contribution in [1.29, 1.82) is 0 Å². The third-order valence-electron chi connectivity index (χ3n) is 5.50. The van der Waals surface area contributed by atoms with Crippen molar-refractivity contribution in [3.63, 3.8) is 0 Å². The number of ether oxygens (including phenoxy) is 1. The Labute approximate surface area is 202 Å². The third kappa shape index (κ3) is 6.38. The molecule has 0 saturated heterocycles. The Morgan fingerprint density at radius 3 is 2.12 bits per heavy atom. The average molecular weight is 481 g/mol. The summed E-state index contributed by atoms with van der Waals surface area (Å²) in [4.78, 5) is 13.3. The predicted octanol–water partition coefficient (Wildman–Crippen LogP) is 5.10.